The minimum absolute atomic E-state index is 0.0141. The van der Waals surface area contributed by atoms with E-state index in [1.165, 1.54) is 6.42 Å². The fraction of sp³-hybridized carbons (Fsp3) is 0.600. The number of hydrogen-bond donors (Lipinski definition) is 0. The number of piperidine rings is 1. The van der Waals surface area contributed by atoms with E-state index in [0.29, 0.717) is 16.3 Å². The van der Waals surface area contributed by atoms with Gasteiger partial charge in [-0.1, -0.05) is 13.0 Å². The number of halogens is 1. The smallest absolute Gasteiger partial charge is 0.272 e. The summed E-state index contributed by atoms with van der Waals surface area (Å²) in [6, 6.07) is 5.79. The summed E-state index contributed by atoms with van der Waals surface area (Å²) in [7, 11) is 1.89. The molecule has 0 N–H and O–H groups in total. The van der Waals surface area contributed by atoms with Crippen molar-refractivity contribution in [3.63, 3.8) is 0 Å². The Labute approximate surface area is 129 Å². The summed E-state index contributed by atoms with van der Waals surface area (Å²) in [5.41, 5.74) is 0.512. The van der Waals surface area contributed by atoms with Crippen molar-refractivity contribution < 1.29 is 4.79 Å². The van der Waals surface area contributed by atoms with E-state index >= 15 is 0 Å². The standard InChI is InChI=1S/C15H22BrN3O/c1-3-9-19-10-7-12(8-11-19)18(2)15(20)13-5-4-6-14(16)17-13/h4-6,12H,3,7-11H2,1-2H3. The molecule has 0 aromatic carbocycles. The molecular formula is C15H22BrN3O. The van der Waals surface area contributed by atoms with E-state index in [2.05, 4.69) is 32.7 Å². The Bertz CT molecular complexity index is 458. The van der Waals surface area contributed by atoms with E-state index in [4.69, 9.17) is 0 Å². The van der Waals surface area contributed by atoms with Crippen molar-refractivity contribution in [1.29, 1.82) is 0 Å². The molecule has 1 aromatic rings. The van der Waals surface area contributed by atoms with Crippen molar-refractivity contribution >= 4 is 21.8 Å². The molecule has 0 bridgehead atoms. The Morgan fingerprint density at radius 1 is 1.45 bits per heavy atom. The molecule has 0 radical (unpaired) electrons. The molecule has 20 heavy (non-hydrogen) atoms. The molecule has 0 saturated carbocycles. The van der Waals surface area contributed by atoms with Gasteiger partial charge in [0.2, 0.25) is 0 Å². The van der Waals surface area contributed by atoms with Gasteiger partial charge in [0.25, 0.3) is 5.91 Å². The highest BCUT2D eigenvalue weighted by molar-refractivity contribution is 9.10. The average molecular weight is 340 g/mol. The molecule has 0 unspecified atom stereocenters. The number of nitrogens with zero attached hydrogens (tertiary/aromatic N) is 3. The molecule has 1 aliphatic heterocycles. The van der Waals surface area contributed by atoms with Crippen molar-refractivity contribution in [2.75, 3.05) is 26.7 Å². The zero-order valence-electron chi connectivity index (χ0n) is 12.2. The Morgan fingerprint density at radius 2 is 2.15 bits per heavy atom. The Balaban J connectivity index is 1.95. The predicted molar refractivity (Wildman–Crippen MR) is 83.8 cm³/mol. The van der Waals surface area contributed by atoms with Crippen LogP contribution >= 0.6 is 15.9 Å². The normalized spacial score (nSPS) is 17.1. The Morgan fingerprint density at radius 3 is 2.75 bits per heavy atom. The van der Waals surface area contributed by atoms with Crippen LogP contribution in [0.1, 0.15) is 36.7 Å². The maximum Gasteiger partial charge on any atom is 0.272 e. The lowest BCUT2D eigenvalue weighted by atomic mass is 10.0. The topological polar surface area (TPSA) is 36.4 Å². The average Bonchev–Trinajstić information content (AvgIpc) is 2.47. The Hall–Kier alpha value is -0.940. The van der Waals surface area contributed by atoms with E-state index in [0.717, 1.165) is 32.5 Å². The molecule has 1 aromatic heterocycles. The molecule has 2 heterocycles. The van der Waals surface area contributed by atoms with Crippen LogP contribution in [0.3, 0.4) is 0 Å². The zero-order valence-corrected chi connectivity index (χ0v) is 13.8. The number of pyridine rings is 1. The number of aromatic nitrogens is 1. The first kappa shape index (κ1) is 15.4. The summed E-state index contributed by atoms with van der Waals surface area (Å²) >= 11 is 3.31. The molecule has 1 saturated heterocycles. The van der Waals surface area contributed by atoms with Crippen LogP contribution in [0.25, 0.3) is 0 Å². The summed E-state index contributed by atoms with van der Waals surface area (Å²) in [6.07, 6.45) is 3.30. The van der Waals surface area contributed by atoms with E-state index in [9.17, 15) is 4.79 Å². The third kappa shape index (κ3) is 3.79. The monoisotopic (exact) mass is 339 g/mol. The summed E-state index contributed by atoms with van der Waals surface area (Å²) < 4.78 is 0.703. The van der Waals surface area contributed by atoms with Gasteiger partial charge in [0.05, 0.1) is 0 Å². The van der Waals surface area contributed by atoms with Crippen LogP contribution in [-0.2, 0) is 0 Å². The van der Waals surface area contributed by atoms with Gasteiger partial charge in [-0.15, -0.1) is 0 Å². The van der Waals surface area contributed by atoms with Gasteiger partial charge in [-0.05, 0) is 53.9 Å². The molecule has 2 rings (SSSR count). The quantitative estimate of drug-likeness (QED) is 0.791. The SMILES string of the molecule is CCCN1CCC(N(C)C(=O)c2cccc(Br)n2)CC1. The predicted octanol–water partition coefficient (Wildman–Crippen LogP) is 2.79. The lowest BCUT2D eigenvalue weighted by Crippen LogP contribution is -2.45. The molecule has 1 aliphatic rings. The van der Waals surface area contributed by atoms with Gasteiger partial charge >= 0.3 is 0 Å². The van der Waals surface area contributed by atoms with Crippen LogP contribution in [0, 0.1) is 0 Å². The molecule has 0 aliphatic carbocycles. The molecule has 0 spiro atoms. The molecule has 0 atom stereocenters. The minimum atomic E-state index is 0.0141. The maximum atomic E-state index is 12.4. The third-order valence-corrected chi connectivity index (χ3v) is 4.34. The second kappa shape index (κ2) is 7.18. The van der Waals surface area contributed by atoms with Gasteiger partial charge < -0.3 is 9.80 Å². The summed E-state index contributed by atoms with van der Waals surface area (Å²) in [6.45, 7) is 5.54. The summed E-state index contributed by atoms with van der Waals surface area (Å²) in [5.74, 6) is 0.0141. The second-order valence-corrected chi connectivity index (χ2v) is 6.15. The maximum absolute atomic E-state index is 12.4. The summed E-state index contributed by atoms with van der Waals surface area (Å²) in [5, 5.41) is 0. The number of rotatable bonds is 4. The van der Waals surface area contributed by atoms with Crippen LogP contribution < -0.4 is 0 Å². The first-order chi connectivity index (χ1) is 9.61. The van der Waals surface area contributed by atoms with Crippen LogP contribution in [0.5, 0.6) is 0 Å². The van der Waals surface area contributed by atoms with Crippen LogP contribution in [-0.4, -0.2) is 53.4 Å². The largest absolute Gasteiger partial charge is 0.337 e. The lowest BCUT2D eigenvalue weighted by Gasteiger charge is -2.36. The highest BCUT2D eigenvalue weighted by Crippen LogP contribution is 2.18. The second-order valence-electron chi connectivity index (χ2n) is 5.33. The first-order valence-electron chi connectivity index (χ1n) is 7.24. The van der Waals surface area contributed by atoms with Crippen molar-refractivity contribution in [2.24, 2.45) is 0 Å². The molecule has 5 heteroatoms. The fourth-order valence-corrected chi connectivity index (χ4v) is 3.06. The Kier molecular flexibility index (Phi) is 5.54. The highest BCUT2D eigenvalue weighted by atomic mass is 79.9. The highest BCUT2D eigenvalue weighted by Gasteiger charge is 2.26. The number of carbonyl (C=O) groups excluding carboxylic acids is 1. The lowest BCUT2D eigenvalue weighted by molar-refractivity contribution is 0.0637. The molecule has 110 valence electrons. The van der Waals surface area contributed by atoms with E-state index < -0.39 is 0 Å². The number of hydrogen-bond acceptors (Lipinski definition) is 3. The molecule has 1 amide bonds. The van der Waals surface area contributed by atoms with Crippen molar-refractivity contribution in [1.82, 2.24) is 14.8 Å². The van der Waals surface area contributed by atoms with Crippen LogP contribution in [0.2, 0.25) is 0 Å². The molecule has 4 nitrogen and oxygen atoms in total. The van der Waals surface area contributed by atoms with Gasteiger partial charge in [0.15, 0.2) is 0 Å². The van der Waals surface area contributed by atoms with Crippen LogP contribution in [0.4, 0.5) is 0 Å². The zero-order chi connectivity index (χ0) is 14.5. The summed E-state index contributed by atoms with van der Waals surface area (Å²) in [4.78, 5) is 21.0. The van der Waals surface area contributed by atoms with Crippen molar-refractivity contribution in [3.8, 4) is 0 Å². The van der Waals surface area contributed by atoms with E-state index in [1.807, 2.05) is 24.1 Å². The van der Waals surface area contributed by atoms with Gasteiger partial charge in [-0.25, -0.2) is 4.98 Å². The van der Waals surface area contributed by atoms with Crippen LogP contribution in [0.15, 0.2) is 22.8 Å². The van der Waals surface area contributed by atoms with E-state index in [-0.39, 0.29) is 5.91 Å². The van der Waals surface area contributed by atoms with E-state index in [1.54, 1.807) is 6.07 Å². The first-order valence-corrected chi connectivity index (χ1v) is 8.03. The van der Waals surface area contributed by atoms with Crippen molar-refractivity contribution in [3.05, 3.63) is 28.5 Å². The minimum Gasteiger partial charge on any atom is -0.337 e. The van der Waals surface area contributed by atoms with Gasteiger partial charge in [0, 0.05) is 26.2 Å². The third-order valence-electron chi connectivity index (χ3n) is 3.90. The number of amides is 1. The van der Waals surface area contributed by atoms with Gasteiger partial charge in [-0.2, -0.15) is 0 Å². The van der Waals surface area contributed by atoms with Crippen molar-refractivity contribution in [2.45, 2.75) is 32.2 Å². The molecule has 1 fully saturated rings. The number of carbonyl (C=O) groups is 1. The van der Waals surface area contributed by atoms with Gasteiger partial charge in [-0.3, -0.25) is 4.79 Å². The van der Waals surface area contributed by atoms with Gasteiger partial charge in [0.1, 0.15) is 10.3 Å². The fourth-order valence-electron chi connectivity index (χ4n) is 2.72. The number of likely N-dealkylation sites (tertiary alicyclic amines) is 1. The molecular weight excluding hydrogens is 318 g/mol.